The first-order chi connectivity index (χ1) is 18.2. The first kappa shape index (κ1) is 27.5. The molecule has 4 N–H and O–H groups in total. The molecule has 202 valence electrons. The van der Waals surface area contributed by atoms with E-state index in [1.165, 1.54) is 0 Å². The van der Waals surface area contributed by atoms with Crippen molar-refractivity contribution >= 4 is 22.7 Å². The van der Waals surface area contributed by atoms with E-state index in [1.54, 1.807) is 29.7 Å². The van der Waals surface area contributed by atoms with Crippen molar-refractivity contribution in [1.82, 2.24) is 21.1 Å². The van der Waals surface area contributed by atoms with Gasteiger partial charge in [0.15, 0.2) is 0 Å². The molecule has 1 unspecified atom stereocenters. The lowest BCUT2D eigenvalue weighted by Crippen LogP contribution is -2.55. The van der Waals surface area contributed by atoms with E-state index in [1.807, 2.05) is 44.2 Å². The summed E-state index contributed by atoms with van der Waals surface area (Å²) in [6.45, 7) is 8.19. The molecule has 1 atom stereocenters. The topological polar surface area (TPSA) is 113 Å². The average Bonchev–Trinajstić information content (AvgIpc) is 2.89. The van der Waals surface area contributed by atoms with Crippen LogP contribution in [0.1, 0.15) is 80.6 Å². The van der Waals surface area contributed by atoms with Crippen LogP contribution in [0.4, 0.5) is 0 Å². The van der Waals surface area contributed by atoms with Crippen molar-refractivity contribution in [3.05, 3.63) is 71.4 Å². The lowest BCUT2D eigenvalue weighted by Gasteiger charge is -2.41. The van der Waals surface area contributed by atoms with Gasteiger partial charge in [0.25, 0.3) is 5.91 Å². The van der Waals surface area contributed by atoms with Crippen LogP contribution in [0.3, 0.4) is 0 Å². The van der Waals surface area contributed by atoms with Crippen molar-refractivity contribution in [2.45, 2.75) is 83.5 Å². The van der Waals surface area contributed by atoms with Gasteiger partial charge in [-0.2, -0.15) is 0 Å². The Bertz CT molecular complexity index is 1270. The van der Waals surface area contributed by atoms with Crippen LogP contribution >= 0.6 is 0 Å². The molecule has 1 fully saturated rings. The molecule has 0 spiro atoms. The summed E-state index contributed by atoms with van der Waals surface area (Å²) in [4.78, 5) is 29.9. The molecule has 8 heteroatoms. The Morgan fingerprint density at radius 2 is 1.76 bits per heavy atom. The zero-order valence-corrected chi connectivity index (χ0v) is 22.6. The van der Waals surface area contributed by atoms with E-state index in [-0.39, 0.29) is 18.4 Å². The molecule has 2 amide bonds. The molecule has 1 heterocycles. The summed E-state index contributed by atoms with van der Waals surface area (Å²) in [5, 5.41) is 16.8. The molecule has 38 heavy (non-hydrogen) atoms. The maximum Gasteiger partial charge on any atom is 0.251 e. The fourth-order valence-electron chi connectivity index (χ4n) is 5.44. The van der Waals surface area contributed by atoms with Crippen molar-refractivity contribution in [3.8, 4) is 5.75 Å². The number of benzene rings is 2. The predicted molar refractivity (Wildman–Crippen MR) is 147 cm³/mol. The minimum atomic E-state index is -0.705. The second-order valence-electron chi connectivity index (χ2n) is 10.7. The number of para-hydroxylation sites is 1. The van der Waals surface area contributed by atoms with Crippen molar-refractivity contribution in [3.63, 3.8) is 0 Å². The number of hydrogen-bond acceptors (Lipinski definition) is 6. The SMILES string of the molecule is Cc1cc(C(C)Oc2ccc(C(=O)NC3(CC(=O)NO)CCC(NC(C)C)CC3)cc2)c2ccccc2n1. The van der Waals surface area contributed by atoms with E-state index in [0.29, 0.717) is 36.2 Å². The van der Waals surface area contributed by atoms with Gasteiger partial charge >= 0.3 is 0 Å². The molecular formula is C30H38N4O4. The highest BCUT2D eigenvalue weighted by Gasteiger charge is 2.38. The standard InChI is InChI=1S/C30H38N4O4/c1-19(2)31-23-13-15-30(16-14-23,18-28(35)34-37)33-29(36)22-9-11-24(12-10-22)38-21(4)26-17-20(3)32-27-8-6-5-7-25(26)27/h5-12,17,19,21,23,31,37H,13-16,18H2,1-4H3,(H,33,36)(H,34,35). The van der Waals surface area contributed by atoms with Gasteiger partial charge in [0.05, 0.1) is 11.9 Å². The number of nitrogens with one attached hydrogen (secondary N) is 3. The van der Waals surface area contributed by atoms with Crippen molar-refractivity contribution in [2.75, 3.05) is 0 Å². The largest absolute Gasteiger partial charge is 0.486 e. The van der Waals surface area contributed by atoms with E-state index >= 15 is 0 Å². The number of aromatic nitrogens is 1. The van der Waals surface area contributed by atoms with Gasteiger partial charge in [-0.15, -0.1) is 0 Å². The predicted octanol–water partition coefficient (Wildman–Crippen LogP) is 4.99. The van der Waals surface area contributed by atoms with E-state index < -0.39 is 11.4 Å². The number of pyridine rings is 1. The Morgan fingerprint density at radius 1 is 1.08 bits per heavy atom. The lowest BCUT2D eigenvalue weighted by molar-refractivity contribution is -0.131. The summed E-state index contributed by atoms with van der Waals surface area (Å²) in [6, 6.07) is 17.8. The number of nitrogens with zero attached hydrogens (tertiary/aromatic N) is 1. The molecule has 4 rings (SSSR count). The number of hydroxylamine groups is 1. The van der Waals surface area contributed by atoms with E-state index in [9.17, 15) is 9.59 Å². The molecule has 1 saturated carbocycles. The fourth-order valence-corrected chi connectivity index (χ4v) is 5.44. The maximum absolute atomic E-state index is 13.2. The molecular weight excluding hydrogens is 480 g/mol. The molecule has 0 radical (unpaired) electrons. The highest BCUT2D eigenvalue weighted by atomic mass is 16.5. The molecule has 0 saturated heterocycles. The summed E-state index contributed by atoms with van der Waals surface area (Å²) >= 11 is 0. The van der Waals surface area contributed by atoms with Gasteiger partial charge in [-0.25, -0.2) is 5.48 Å². The van der Waals surface area contributed by atoms with Crippen LogP contribution < -0.4 is 20.9 Å². The monoisotopic (exact) mass is 518 g/mol. The van der Waals surface area contributed by atoms with Crippen LogP contribution in [0.15, 0.2) is 54.6 Å². The Morgan fingerprint density at radius 3 is 2.42 bits per heavy atom. The molecule has 1 aliphatic carbocycles. The Kier molecular flexibility index (Phi) is 8.64. The molecule has 1 aliphatic rings. The zero-order valence-electron chi connectivity index (χ0n) is 22.6. The van der Waals surface area contributed by atoms with Crippen LogP contribution in [0.25, 0.3) is 10.9 Å². The second kappa shape index (κ2) is 11.9. The van der Waals surface area contributed by atoms with Gasteiger partial charge in [0, 0.05) is 39.8 Å². The Balaban J connectivity index is 1.44. The van der Waals surface area contributed by atoms with E-state index in [0.717, 1.165) is 35.0 Å². The molecule has 2 aromatic carbocycles. The number of amides is 2. The minimum Gasteiger partial charge on any atom is -0.486 e. The summed E-state index contributed by atoms with van der Waals surface area (Å²) in [5.41, 5.74) is 4.42. The Labute approximate surface area is 224 Å². The third kappa shape index (κ3) is 6.68. The number of carbonyl (C=O) groups excluding carboxylic acids is 2. The first-order valence-electron chi connectivity index (χ1n) is 13.3. The number of aryl methyl sites for hydroxylation is 1. The molecule has 0 bridgehead atoms. The average molecular weight is 519 g/mol. The normalized spacial score (nSPS) is 20.2. The van der Waals surface area contributed by atoms with Crippen molar-refractivity contribution < 1.29 is 19.5 Å². The summed E-state index contributed by atoms with van der Waals surface area (Å²) in [6.07, 6.45) is 2.79. The Hall–Kier alpha value is -3.49. The third-order valence-corrected chi connectivity index (χ3v) is 7.26. The van der Waals surface area contributed by atoms with Crippen LogP contribution in [0.2, 0.25) is 0 Å². The number of hydrogen-bond donors (Lipinski definition) is 4. The van der Waals surface area contributed by atoms with Crippen LogP contribution in [0, 0.1) is 6.92 Å². The number of ether oxygens (including phenoxy) is 1. The lowest BCUT2D eigenvalue weighted by atomic mass is 9.76. The molecule has 0 aliphatic heterocycles. The van der Waals surface area contributed by atoms with Crippen LogP contribution in [-0.2, 0) is 4.79 Å². The summed E-state index contributed by atoms with van der Waals surface area (Å²) < 4.78 is 6.23. The van der Waals surface area contributed by atoms with Gasteiger partial charge in [-0.05, 0) is 75.9 Å². The smallest absolute Gasteiger partial charge is 0.251 e. The molecule has 8 nitrogen and oxygen atoms in total. The summed E-state index contributed by atoms with van der Waals surface area (Å²) in [5.74, 6) is -0.0965. The van der Waals surface area contributed by atoms with E-state index in [2.05, 4.69) is 29.5 Å². The number of carbonyl (C=O) groups is 2. The molecule has 3 aromatic rings. The second-order valence-corrected chi connectivity index (χ2v) is 10.7. The van der Waals surface area contributed by atoms with Gasteiger partial charge in [0.1, 0.15) is 11.9 Å². The minimum absolute atomic E-state index is 0.0294. The fraction of sp³-hybridized carbons (Fsp3) is 0.433. The number of rotatable bonds is 9. The first-order valence-corrected chi connectivity index (χ1v) is 13.3. The van der Waals surface area contributed by atoms with Gasteiger partial charge in [0.2, 0.25) is 5.91 Å². The zero-order chi connectivity index (χ0) is 27.3. The van der Waals surface area contributed by atoms with E-state index in [4.69, 9.17) is 9.94 Å². The highest BCUT2D eigenvalue weighted by Crippen LogP contribution is 2.33. The van der Waals surface area contributed by atoms with Gasteiger partial charge < -0.3 is 15.4 Å². The van der Waals surface area contributed by atoms with Gasteiger partial charge in [-0.3, -0.25) is 19.8 Å². The maximum atomic E-state index is 13.2. The third-order valence-electron chi connectivity index (χ3n) is 7.26. The van der Waals surface area contributed by atoms with Crippen molar-refractivity contribution in [1.29, 1.82) is 0 Å². The number of fused-ring (bicyclic) bond motifs is 1. The van der Waals surface area contributed by atoms with Crippen molar-refractivity contribution in [2.24, 2.45) is 0 Å². The van der Waals surface area contributed by atoms with Crippen LogP contribution in [0.5, 0.6) is 5.75 Å². The van der Waals surface area contributed by atoms with Gasteiger partial charge in [-0.1, -0.05) is 32.0 Å². The highest BCUT2D eigenvalue weighted by molar-refractivity contribution is 5.95. The summed E-state index contributed by atoms with van der Waals surface area (Å²) in [7, 11) is 0. The quantitative estimate of drug-likeness (QED) is 0.235. The molecule has 1 aromatic heterocycles. The van der Waals surface area contributed by atoms with Crippen LogP contribution in [-0.4, -0.2) is 39.6 Å².